The molecule has 1 atom stereocenters. The quantitative estimate of drug-likeness (QED) is 0.519. The van der Waals surface area contributed by atoms with Gasteiger partial charge in [-0.3, -0.25) is 14.9 Å². The second-order valence-electron chi connectivity index (χ2n) is 8.26. The van der Waals surface area contributed by atoms with Crippen LogP contribution in [0.4, 0.5) is 10.8 Å². The molecule has 0 spiro atoms. The van der Waals surface area contributed by atoms with E-state index in [4.69, 9.17) is 0 Å². The minimum atomic E-state index is -3.69. The summed E-state index contributed by atoms with van der Waals surface area (Å²) in [5.41, 5.74) is 1.88. The van der Waals surface area contributed by atoms with Crippen LogP contribution in [0, 0.1) is 6.92 Å². The number of hydrogen-bond acceptors (Lipinski definition) is 6. The Morgan fingerprint density at radius 3 is 2.50 bits per heavy atom. The van der Waals surface area contributed by atoms with Gasteiger partial charge in [0.1, 0.15) is 0 Å². The summed E-state index contributed by atoms with van der Waals surface area (Å²) in [6.45, 7) is 4.17. The lowest BCUT2D eigenvalue weighted by Gasteiger charge is -2.32. The first-order chi connectivity index (χ1) is 16.3. The molecular formula is C24H26N4O4S2. The highest BCUT2D eigenvalue weighted by atomic mass is 32.2. The lowest BCUT2D eigenvalue weighted by Crippen LogP contribution is -2.42. The largest absolute Gasteiger partial charge is 0.322 e. The highest BCUT2D eigenvalue weighted by Gasteiger charge is 2.31. The first kappa shape index (κ1) is 24.1. The van der Waals surface area contributed by atoms with Crippen LogP contribution in [-0.2, 0) is 10.0 Å². The Labute approximate surface area is 203 Å². The van der Waals surface area contributed by atoms with E-state index in [-0.39, 0.29) is 22.4 Å². The Bertz CT molecular complexity index is 1290. The number of carbonyl (C=O) groups excluding carboxylic acids is 2. The van der Waals surface area contributed by atoms with Crippen molar-refractivity contribution in [2.75, 3.05) is 17.2 Å². The Hall–Kier alpha value is -3.08. The molecule has 2 heterocycles. The molecule has 4 rings (SSSR count). The molecule has 2 N–H and O–H groups in total. The van der Waals surface area contributed by atoms with Gasteiger partial charge in [0.2, 0.25) is 10.0 Å². The third-order valence-corrected chi connectivity index (χ3v) is 8.56. The number of benzene rings is 2. The average molecular weight is 499 g/mol. The summed E-state index contributed by atoms with van der Waals surface area (Å²) in [6.07, 6.45) is 4.28. The van der Waals surface area contributed by atoms with Crippen molar-refractivity contribution in [3.8, 4) is 0 Å². The molecule has 0 saturated carbocycles. The molecule has 0 radical (unpaired) electrons. The number of nitrogens with one attached hydrogen (secondary N) is 2. The number of anilines is 2. The Kier molecular flexibility index (Phi) is 7.11. The van der Waals surface area contributed by atoms with Crippen molar-refractivity contribution >= 4 is 44.0 Å². The second kappa shape index (κ2) is 10.0. The minimum Gasteiger partial charge on any atom is -0.322 e. The second-order valence-corrected chi connectivity index (χ2v) is 11.0. The number of thiazole rings is 1. The van der Waals surface area contributed by atoms with E-state index in [1.165, 1.54) is 21.7 Å². The summed E-state index contributed by atoms with van der Waals surface area (Å²) in [5, 5.41) is 7.76. The van der Waals surface area contributed by atoms with Crippen molar-refractivity contribution in [1.82, 2.24) is 9.29 Å². The van der Waals surface area contributed by atoms with Gasteiger partial charge in [-0.2, -0.15) is 4.31 Å². The zero-order valence-corrected chi connectivity index (χ0v) is 20.6. The SMILES string of the molecule is Cc1ccc(S(=O)(=O)N2CCCCC2C)cc1C(=O)Nc1ccc(C(=O)Nc2nccs2)cc1. The van der Waals surface area contributed by atoms with E-state index in [1.807, 2.05) is 6.92 Å². The normalized spacial score (nSPS) is 16.7. The van der Waals surface area contributed by atoms with Gasteiger partial charge in [0, 0.05) is 41.0 Å². The molecular weight excluding hydrogens is 472 g/mol. The van der Waals surface area contributed by atoms with Gasteiger partial charge in [-0.05, 0) is 68.7 Å². The first-order valence-corrected chi connectivity index (χ1v) is 13.3. The molecule has 1 saturated heterocycles. The van der Waals surface area contributed by atoms with E-state index in [0.29, 0.717) is 28.5 Å². The molecule has 1 aliphatic rings. The van der Waals surface area contributed by atoms with E-state index >= 15 is 0 Å². The van der Waals surface area contributed by atoms with Gasteiger partial charge < -0.3 is 5.32 Å². The summed E-state index contributed by atoms with van der Waals surface area (Å²) in [7, 11) is -3.69. The predicted molar refractivity (Wildman–Crippen MR) is 133 cm³/mol. The molecule has 10 heteroatoms. The fraction of sp³-hybridized carbons (Fsp3) is 0.292. The number of nitrogens with zero attached hydrogens (tertiary/aromatic N) is 2. The van der Waals surface area contributed by atoms with E-state index in [0.717, 1.165) is 19.3 Å². The number of piperidine rings is 1. The molecule has 2 aromatic carbocycles. The maximum atomic E-state index is 13.2. The van der Waals surface area contributed by atoms with Crippen LogP contribution < -0.4 is 10.6 Å². The Morgan fingerprint density at radius 2 is 1.82 bits per heavy atom. The van der Waals surface area contributed by atoms with Crippen LogP contribution in [-0.4, -0.2) is 42.1 Å². The van der Waals surface area contributed by atoms with Gasteiger partial charge in [-0.1, -0.05) is 12.5 Å². The molecule has 34 heavy (non-hydrogen) atoms. The van der Waals surface area contributed by atoms with Gasteiger partial charge >= 0.3 is 0 Å². The number of aromatic nitrogens is 1. The molecule has 8 nitrogen and oxygen atoms in total. The molecule has 2 amide bonds. The number of carbonyl (C=O) groups is 2. The van der Waals surface area contributed by atoms with Crippen molar-refractivity contribution in [2.24, 2.45) is 0 Å². The number of rotatable bonds is 6. The zero-order valence-electron chi connectivity index (χ0n) is 18.9. The average Bonchev–Trinajstić information content (AvgIpc) is 3.33. The van der Waals surface area contributed by atoms with Crippen LogP contribution >= 0.6 is 11.3 Å². The van der Waals surface area contributed by atoms with Gasteiger partial charge in [0.25, 0.3) is 11.8 Å². The maximum absolute atomic E-state index is 13.2. The standard InChI is InChI=1S/C24H26N4O4S2/c1-16-6-11-20(34(31,32)28-13-4-3-5-17(28)2)15-21(16)23(30)26-19-9-7-18(8-10-19)22(29)27-24-25-12-14-33-24/h6-12,14-15,17H,3-5,13H2,1-2H3,(H,26,30)(H,25,27,29). The van der Waals surface area contributed by atoms with Crippen molar-refractivity contribution in [3.05, 3.63) is 70.7 Å². The Balaban J connectivity index is 1.49. The Morgan fingerprint density at radius 1 is 1.06 bits per heavy atom. The fourth-order valence-corrected chi connectivity index (χ4v) is 6.18. The highest BCUT2D eigenvalue weighted by molar-refractivity contribution is 7.89. The molecule has 3 aromatic rings. The molecule has 1 aromatic heterocycles. The van der Waals surface area contributed by atoms with Crippen LogP contribution in [0.15, 0.2) is 58.9 Å². The van der Waals surface area contributed by atoms with E-state index in [9.17, 15) is 18.0 Å². The van der Waals surface area contributed by atoms with Gasteiger partial charge in [0.05, 0.1) is 4.90 Å². The van der Waals surface area contributed by atoms with Gasteiger partial charge in [-0.25, -0.2) is 13.4 Å². The minimum absolute atomic E-state index is 0.0661. The molecule has 0 bridgehead atoms. The van der Waals surface area contributed by atoms with Crippen molar-refractivity contribution < 1.29 is 18.0 Å². The van der Waals surface area contributed by atoms with E-state index in [2.05, 4.69) is 15.6 Å². The van der Waals surface area contributed by atoms with Crippen LogP contribution in [0.1, 0.15) is 52.5 Å². The molecule has 1 aliphatic heterocycles. The van der Waals surface area contributed by atoms with E-state index < -0.39 is 15.9 Å². The molecule has 0 aliphatic carbocycles. The molecule has 1 unspecified atom stereocenters. The summed E-state index contributed by atoms with van der Waals surface area (Å²) in [4.78, 5) is 29.4. The van der Waals surface area contributed by atoms with Crippen LogP contribution in [0.5, 0.6) is 0 Å². The summed E-state index contributed by atoms with van der Waals surface area (Å²) in [5.74, 6) is -0.713. The topological polar surface area (TPSA) is 108 Å². The van der Waals surface area contributed by atoms with Crippen molar-refractivity contribution in [3.63, 3.8) is 0 Å². The summed E-state index contributed by atoms with van der Waals surface area (Å²) < 4.78 is 27.9. The van der Waals surface area contributed by atoms with Gasteiger partial charge in [0.15, 0.2) is 5.13 Å². The lowest BCUT2D eigenvalue weighted by atomic mass is 10.1. The first-order valence-electron chi connectivity index (χ1n) is 11.0. The number of sulfonamides is 1. The number of amides is 2. The third kappa shape index (κ3) is 5.19. The number of hydrogen-bond donors (Lipinski definition) is 2. The fourth-order valence-electron chi connectivity index (χ4n) is 3.93. The van der Waals surface area contributed by atoms with Crippen LogP contribution in [0.2, 0.25) is 0 Å². The maximum Gasteiger partial charge on any atom is 0.257 e. The predicted octanol–water partition coefficient (Wildman–Crippen LogP) is 4.52. The molecule has 178 valence electrons. The summed E-state index contributed by atoms with van der Waals surface area (Å²) in [6, 6.07) is 11.0. The summed E-state index contributed by atoms with van der Waals surface area (Å²) >= 11 is 1.32. The lowest BCUT2D eigenvalue weighted by molar-refractivity contribution is 0.101. The molecule has 1 fully saturated rings. The van der Waals surface area contributed by atoms with Crippen LogP contribution in [0.25, 0.3) is 0 Å². The van der Waals surface area contributed by atoms with Gasteiger partial charge in [-0.15, -0.1) is 11.3 Å². The van der Waals surface area contributed by atoms with Crippen molar-refractivity contribution in [1.29, 1.82) is 0 Å². The highest BCUT2D eigenvalue weighted by Crippen LogP contribution is 2.27. The van der Waals surface area contributed by atoms with Crippen molar-refractivity contribution in [2.45, 2.75) is 44.0 Å². The van der Waals surface area contributed by atoms with E-state index in [1.54, 1.807) is 54.9 Å². The zero-order chi connectivity index (χ0) is 24.3. The monoisotopic (exact) mass is 498 g/mol. The third-order valence-electron chi connectivity index (χ3n) is 5.86. The van der Waals surface area contributed by atoms with Crippen LogP contribution in [0.3, 0.4) is 0 Å². The smallest absolute Gasteiger partial charge is 0.257 e. The number of aryl methyl sites for hydroxylation is 1.